The molecule has 4 heteroatoms. The number of hydrogen-bond acceptors (Lipinski definition) is 3. The van der Waals surface area contributed by atoms with Crippen molar-refractivity contribution in [1.82, 2.24) is 9.80 Å². The third-order valence-electron chi connectivity index (χ3n) is 5.04. The lowest BCUT2D eigenvalue weighted by Crippen LogP contribution is -2.45. The zero-order valence-corrected chi connectivity index (χ0v) is 14.8. The van der Waals surface area contributed by atoms with Crippen molar-refractivity contribution in [3.8, 4) is 0 Å². The summed E-state index contributed by atoms with van der Waals surface area (Å²) in [5.41, 5.74) is 8.27. The Bertz CT molecular complexity index is 488. The number of carbonyl (C=O) groups is 1. The molecule has 4 nitrogen and oxygen atoms in total. The van der Waals surface area contributed by atoms with E-state index in [1.807, 2.05) is 36.1 Å². The second-order valence-corrected chi connectivity index (χ2v) is 6.64. The Morgan fingerprint density at radius 1 is 1.22 bits per heavy atom. The molecule has 1 unspecified atom stereocenters. The predicted molar refractivity (Wildman–Crippen MR) is 95.2 cm³/mol. The minimum absolute atomic E-state index is 0.0649. The first-order valence-electron chi connectivity index (χ1n) is 8.88. The van der Waals surface area contributed by atoms with Crippen molar-refractivity contribution in [2.75, 3.05) is 32.7 Å². The van der Waals surface area contributed by atoms with E-state index in [9.17, 15) is 4.79 Å². The number of rotatable bonds is 6. The fraction of sp³-hybridized carbons (Fsp3) is 0.632. The minimum atomic E-state index is -0.532. The van der Waals surface area contributed by atoms with E-state index in [4.69, 9.17) is 5.73 Å². The molecule has 0 radical (unpaired) electrons. The molecular formula is C19H31N3O. The van der Waals surface area contributed by atoms with Crippen molar-refractivity contribution >= 4 is 5.91 Å². The number of hydrogen-bond donors (Lipinski definition) is 1. The van der Waals surface area contributed by atoms with Gasteiger partial charge in [-0.25, -0.2) is 0 Å². The summed E-state index contributed by atoms with van der Waals surface area (Å²) in [5, 5.41) is 0. The molecule has 1 saturated heterocycles. The first kappa shape index (κ1) is 18.0. The summed E-state index contributed by atoms with van der Waals surface area (Å²) in [7, 11) is 0. The van der Waals surface area contributed by atoms with E-state index < -0.39 is 6.04 Å². The third-order valence-corrected chi connectivity index (χ3v) is 5.04. The molecule has 1 fully saturated rings. The molecule has 0 spiro atoms. The summed E-state index contributed by atoms with van der Waals surface area (Å²) in [6.45, 7) is 11.5. The van der Waals surface area contributed by atoms with Gasteiger partial charge in [0.25, 0.3) is 0 Å². The maximum absolute atomic E-state index is 12.6. The standard InChI is InChI=1S/C19H31N3O/c1-4-21(5-2)14-16-10-12-22(13-11-16)19(23)18(20)17-8-6-15(3)7-9-17/h6-9,16,18H,4-5,10-14,20H2,1-3H3. The number of amides is 1. The van der Waals surface area contributed by atoms with Gasteiger partial charge in [0.1, 0.15) is 6.04 Å². The van der Waals surface area contributed by atoms with Crippen LogP contribution in [-0.4, -0.2) is 48.4 Å². The van der Waals surface area contributed by atoms with Crippen LogP contribution in [0.1, 0.15) is 43.9 Å². The van der Waals surface area contributed by atoms with E-state index in [1.165, 1.54) is 5.56 Å². The molecule has 0 aromatic heterocycles. The molecule has 0 bridgehead atoms. The Morgan fingerprint density at radius 2 is 1.78 bits per heavy atom. The number of carbonyl (C=O) groups excluding carboxylic acids is 1. The summed E-state index contributed by atoms with van der Waals surface area (Å²) < 4.78 is 0. The molecule has 2 N–H and O–H groups in total. The van der Waals surface area contributed by atoms with E-state index >= 15 is 0 Å². The predicted octanol–water partition coefficient (Wildman–Crippen LogP) is 2.58. The van der Waals surface area contributed by atoms with Crippen molar-refractivity contribution in [3.05, 3.63) is 35.4 Å². The summed E-state index contributed by atoms with van der Waals surface area (Å²) in [6, 6.07) is 7.42. The topological polar surface area (TPSA) is 49.6 Å². The summed E-state index contributed by atoms with van der Waals surface area (Å²) in [6.07, 6.45) is 2.17. The van der Waals surface area contributed by atoms with Crippen molar-refractivity contribution in [2.45, 2.75) is 39.7 Å². The normalized spacial score (nSPS) is 17.5. The van der Waals surface area contributed by atoms with Gasteiger partial charge in [-0.3, -0.25) is 4.79 Å². The van der Waals surface area contributed by atoms with Gasteiger partial charge in [-0.05, 0) is 44.3 Å². The van der Waals surface area contributed by atoms with Gasteiger partial charge in [-0.2, -0.15) is 0 Å². The molecule has 1 aromatic carbocycles. The highest BCUT2D eigenvalue weighted by Crippen LogP contribution is 2.22. The van der Waals surface area contributed by atoms with Crippen molar-refractivity contribution < 1.29 is 4.79 Å². The fourth-order valence-corrected chi connectivity index (χ4v) is 3.30. The van der Waals surface area contributed by atoms with E-state index in [2.05, 4.69) is 18.7 Å². The van der Waals surface area contributed by atoms with E-state index in [1.54, 1.807) is 0 Å². The highest BCUT2D eigenvalue weighted by atomic mass is 16.2. The van der Waals surface area contributed by atoms with Crippen molar-refractivity contribution in [1.29, 1.82) is 0 Å². The van der Waals surface area contributed by atoms with Crippen LogP contribution < -0.4 is 5.73 Å². The molecule has 0 aliphatic carbocycles. The number of nitrogens with zero attached hydrogens (tertiary/aromatic N) is 2. The zero-order chi connectivity index (χ0) is 16.8. The van der Waals surface area contributed by atoms with Gasteiger partial charge in [0.15, 0.2) is 0 Å². The maximum Gasteiger partial charge on any atom is 0.244 e. The third kappa shape index (κ3) is 4.79. The molecular weight excluding hydrogens is 286 g/mol. The first-order valence-corrected chi connectivity index (χ1v) is 8.88. The van der Waals surface area contributed by atoms with Crippen LogP contribution in [0, 0.1) is 12.8 Å². The van der Waals surface area contributed by atoms with Gasteiger partial charge >= 0.3 is 0 Å². The van der Waals surface area contributed by atoms with Crippen LogP contribution in [0.15, 0.2) is 24.3 Å². The Balaban J connectivity index is 1.86. The molecule has 0 saturated carbocycles. The molecule has 1 amide bonds. The van der Waals surface area contributed by atoms with Crippen molar-refractivity contribution in [3.63, 3.8) is 0 Å². The van der Waals surface area contributed by atoms with Gasteiger partial charge in [0.05, 0.1) is 0 Å². The first-order chi connectivity index (χ1) is 11.0. The lowest BCUT2D eigenvalue weighted by molar-refractivity contribution is -0.134. The van der Waals surface area contributed by atoms with Gasteiger partial charge < -0.3 is 15.5 Å². The fourth-order valence-electron chi connectivity index (χ4n) is 3.30. The van der Waals surface area contributed by atoms with Crippen LogP contribution in [0.5, 0.6) is 0 Å². The second kappa shape index (κ2) is 8.46. The lowest BCUT2D eigenvalue weighted by Gasteiger charge is -2.35. The van der Waals surface area contributed by atoms with Crippen molar-refractivity contribution in [2.24, 2.45) is 11.7 Å². The molecule has 2 rings (SSSR count). The van der Waals surface area contributed by atoms with E-state index in [-0.39, 0.29) is 5.91 Å². The quantitative estimate of drug-likeness (QED) is 0.877. The SMILES string of the molecule is CCN(CC)CC1CCN(C(=O)C(N)c2ccc(C)cc2)CC1. The second-order valence-electron chi connectivity index (χ2n) is 6.64. The molecule has 128 valence electrons. The molecule has 23 heavy (non-hydrogen) atoms. The van der Waals surface area contributed by atoms with E-state index in [0.29, 0.717) is 5.92 Å². The van der Waals surface area contributed by atoms with E-state index in [0.717, 1.165) is 51.1 Å². The van der Waals surface area contributed by atoms with Gasteiger partial charge in [-0.1, -0.05) is 43.7 Å². The van der Waals surface area contributed by atoms with Crippen LogP contribution in [0.25, 0.3) is 0 Å². The van der Waals surface area contributed by atoms with Crippen LogP contribution >= 0.6 is 0 Å². The Kier molecular flexibility index (Phi) is 6.60. The molecule has 1 aliphatic heterocycles. The molecule has 1 aromatic rings. The smallest absolute Gasteiger partial charge is 0.244 e. The van der Waals surface area contributed by atoms with Crippen LogP contribution in [-0.2, 0) is 4.79 Å². The number of likely N-dealkylation sites (tertiary alicyclic amines) is 1. The zero-order valence-electron chi connectivity index (χ0n) is 14.8. The Labute approximate surface area is 140 Å². The maximum atomic E-state index is 12.6. The largest absolute Gasteiger partial charge is 0.341 e. The lowest BCUT2D eigenvalue weighted by atomic mass is 9.95. The Morgan fingerprint density at radius 3 is 2.30 bits per heavy atom. The number of aryl methyl sites for hydroxylation is 1. The average molecular weight is 317 g/mol. The number of nitrogens with two attached hydrogens (primary N) is 1. The highest BCUT2D eigenvalue weighted by molar-refractivity contribution is 5.83. The number of piperidine rings is 1. The van der Waals surface area contributed by atoms with Gasteiger partial charge in [-0.15, -0.1) is 0 Å². The van der Waals surface area contributed by atoms with Gasteiger partial charge in [0, 0.05) is 19.6 Å². The molecule has 1 atom stereocenters. The summed E-state index contributed by atoms with van der Waals surface area (Å²) in [4.78, 5) is 17.0. The summed E-state index contributed by atoms with van der Waals surface area (Å²) >= 11 is 0. The highest BCUT2D eigenvalue weighted by Gasteiger charge is 2.27. The van der Waals surface area contributed by atoms with Crippen LogP contribution in [0.3, 0.4) is 0 Å². The van der Waals surface area contributed by atoms with Crippen LogP contribution in [0.2, 0.25) is 0 Å². The molecule has 1 heterocycles. The van der Waals surface area contributed by atoms with Crippen LogP contribution in [0.4, 0.5) is 0 Å². The Hall–Kier alpha value is -1.39. The summed E-state index contributed by atoms with van der Waals surface area (Å²) in [5.74, 6) is 0.768. The monoisotopic (exact) mass is 317 g/mol. The number of benzene rings is 1. The minimum Gasteiger partial charge on any atom is -0.341 e. The molecule has 1 aliphatic rings. The average Bonchev–Trinajstić information content (AvgIpc) is 2.59. The van der Waals surface area contributed by atoms with Gasteiger partial charge in [0.2, 0.25) is 5.91 Å².